The number of nitrogens with zero attached hydrogens (tertiary/aromatic N) is 1. The Morgan fingerprint density at radius 1 is 0.917 bits per heavy atom. The van der Waals surface area contributed by atoms with Crippen molar-refractivity contribution < 1.29 is 17.9 Å². The first-order chi connectivity index (χ1) is 17.2. The van der Waals surface area contributed by atoms with E-state index in [0.29, 0.717) is 18.2 Å². The van der Waals surface area contributed by atoms with Crippen molar-refractivity contribution in [2.75, 3.05) is 17.4 Å². The second-order valence-corrected chi connectivity index (χ2v) is 11.2. The van der Waals surface area contributed by atoms with Gasteiger partial charge in [-0.2, -0.15) is 0 Å². The van der Waals surface area contributed by atoms with Crippen molar-refractivity contribution in [3.63, 3.8) is 0 Å². The maximum absolute atomic E-state index is 13.4. The summed E-state index contributed by atoms with van der Waals surface area (Å²) < 4.78 is 33.8. The van der Waals surface area contributed by atoms with Crippen LogP contribution in [0.25, 0.3) is 0 Å². The van der Waals surface area contributed by atoms with Crippen LogP contribution in [0.15, 0.2) is 83.8 Å². The minimum absolute atomic E-state index is 0.108. The van der Waals surface area contributed by atoms with Crippen molar-refractivity contribution in [3.8, 4) is 5.75 Å². The van der Waals surface area contributed by atoms with Crippen molar-refractivity contribution >= 4 is 21.6 Å². The summed E-state index contributed by atoms with van der Waals surface area (Å²) in [5.74, 6) is 0.801. The van der Waals surface area contributed by atoms with Gasteiger partial charge >= 0.3 is 0 Å². The zero-order valence-corrected chi connectivity index (χ0v) is 22.3. The van der Waals surface area contributed by atoms with E-state index >= 15 is 0 Å². The van der Waals surface area contributed by atoms with Gasteiger partial charge in [-0.1, -0.05) is 56.3 Å². The topological polar surface area (TPSA) is 75.7 Å². The van der Waals surface area contributed by atoms with Crippen LogP contribution in [0.2, 0.25) is 0 Å². The SMILES string of the molecule is CC(C)Oc1cccc(CCCNC(=O)CN(c2ccc(C(C)C)cc2)S(=O)(=O)c2ccccc2)c1. The number of nitrogens with one attached hydrogen (secondary N) is 1. The van der Waals surface area contributed by atoms with Crippen molar-refractivity contribution in [2.24, 2.45) is 0 Å². The Balaban J connectivity index is 1.66. The molecule has 0 aliphatic carbocycles. The number of carbonyl (C=O) groups excluding carboxylic acids is 1. The number of rotatable bonds is 12. The molecule has 0 heterocycles. The van der Waals surface area contributed by atoms with Crippen molar-refractivity contribution in [1.82, 2.24) is 5.32 Å². The molecule has 0 radical (unpaired) electrons. The predicted octanol–water partition coefficient (Wildman–Crippen LogP) is 5.54. The lowest BCUT2D eigenvalue weighted by Crippen LogP contribution is -2.41. The molecule has 0 unspecified atom stereocenters. The first kappa shape index (κ1) is 27.3. The molecule has 0 aliphatic heterocycles. The molecule has 192 valence electrons. The fourth-order valence-electron chi connectivity index (χ4n) is 3.81. The fourth-order valence-corrected chi connectivity index (χ4v) is 5.26. The molecule has 0 atom stereocenters. The Bertz CT molecular complexity index is 1220. The number of benzene rings is 3. The van der Waals surface area contributed by atoms with E-state index in [2.05, 4.69) is 19.2 Å². The summed E-state index contributed by atoms with van der Waals surface area (Å²) in [6.45, 7) is 8.28. The molecule has 0 saturated carbocycles. The van der Waals surface area contributed by atoms with E-state index in [9.17, 15) is 13.2 Å². The van der Waals surface area contributed by atoms with Gasteiger partial charge in [0.05, 0.1) is 16.7 Å². The lowest BCUT2D eigenvalue weighted by atomic mass is 10.0. The van der Waals surface area contributed by atoms with Crippen LogP contribution in [0, 0.1) is 0 Å². The van der Waals surface area contributed by atoms with Gasteiger partial charge in [0.1, 0.15) is 12.3 Å². The highest BCUT2D eigenvalue weighted by atomic mass is 32.2. The van der Waals surface area contributed by atoms with Gasteiger partial charge in [0, 0.05) is 6.54 Å². The molecule has 6 nitrogen and oxygen atoms in total. The highest BCUT2D eigenvalue weighted by Crippen LogP contribution is 2.25. The monoisotopic (exact) mass is 508 g/mol. The first-order valence-electron chi connectivity index (χ1n) is 12.4. The van der Waals surface area contributed by atoms with E-state index in [1.54, 1.807) is 42.5 Å². The third-order valence-corrected chi connectivity index (χ3v) is 7.49. The van der Waals surface area contributed by atoms with Crippen LogP contribution in [0.3, 0.4) is 0 Å². The van der Waals surface area contributed by atoms with Crippen LogP contribution < -0.4 is 14.4 Å². The Labute approximate surface area is 215 Å². The molecule has 3 rings (SSSR count). The van der Waals surface area contributed by atoms with Crippen molar-refractivity contribution in [2.45, 2.75) is 57.5 Å². The maximum atomic E-state index is 13.4. The number of sulfonamides is 1. The highest BCUT2D eigenvalue weighted by Gasteiger charge is 2.27. The Morgan fingerprint density at radius 2 is 1.61 bits per heavy atom. The average molecular weight is 509 g/mol. The van der Waals surface area contributed by atoms with Gasteiger partial charge in [0.2, 0.25) is 5.91 Å². The van der Waals surface area contributed by atoms with Gasteiger partial charge < -0.3 is 10.1 Å². The summed E-state index contributed by atoms with van der Waals surface area (Å²) in [6.07, 6.45) is 1.61. The van der Waals surface area contributed by atoms with E-state index in [-0.39, 0.29) is 23.5 Å². The van der Waals surface area contributed by atoms with Gasteiger partial charge in [0.15, 0.2) is 0 Å². The van der Waals surface area contributed by atoms with Crippen LogP contribution in [0.5, 0.6) is 5.75 Å². The third-order valence-electron chi connectivity index (χ3n) is 5.70. The van der Waals surface area contributed by atoms with E-state index < -0.39 is 10.0 Å². The second-order valence-electron chi connectivity index (χ2n) is 9.34. The largest absolute Gasteiger partial charge is 0.491 e. The van der Waals surface area contributed by atoms with Crippen LogP contribution >= 0.6 is 0 Å². The summed E-state index contributed by atoms with van der Waals surface area (Å²) in [4.78, 5) is 13.0. The van der Waals surface area contributed by atoms with Crippen molar-refractivity contribution in [1.29, 1.82) is 0 Å². The van der Waals surface area contributed by atoms with Gasteiger partial charge in [-0.15, -0.1) is 0 Å². The van der Waals surface area contributed by atoms with E-state index in [4.69, 9.17) is 4.74 Å². The summed E-state index contributed by atoms with van der Waals surface area (Å²) >= 11 is 0. The molecule has 36 heavy (non-hydrogen) atoms. The van der Waals surface area contributed by atoms with E-state index in [0.717, 1.165) is 29.7 Å². The highest BCUT2D eigenvalue weighted by molar-refractivity contribution is 7.92. The summed E-state index contributed by atoms with van der Waals surface area (Å²) in [6, 6.07) is 23.5. The molecule has 3 aromatic carbocycles. The molecular weight excluding hydrogens is 472 g/mol. The normalized spacial score (nSPS) is 11.5. The molecule has 0 spiro atoms. The van der Waals surface area contributed by atoms with Crippen molar-refractivity contribution in [3.05, 3.63) is 90.0 Å². The number of aryl methyl sites for hydroxylation is 1. The van der Waals surface area contributed by atoms with E-state index in [1.165, 1.54) is 4.31 Å². The smallest absolute Gasteiger partial charge is 0.264 e. The zero-order chi connectivity index (χ0) is 26.1. The minimum atomic E-state index is -3.91. The van der Waals surface area contributed by atoms with Crippen LogP contribution in [-0.4, -0.2) is 33.5 Å². The summed E-state index contributed by atoms with van der Waals surface area (Å²) in [5, 5.41) is 2.88. The molecular formula is C29H36N2O4S. The maximum Gasteiger partial charge on any atom is 0.264 e. The van der Waals surface area contributed by atoms with Gasteiger partial charge in [-0.3, -0.25) is 9.10 Å². The van der Waals surface area contributed by atoms with Gasteiger partial charge in [0.25, 0.3) is 10.0 Å². The molecule has 1 amide bonds. The van der Waals surface area contributed by atoms with Gasteiger partial charge in [-0.05, 0) is 80.1 Å². The second kappa shape index (κ2) is 12.6. The zero-order valence-electron chi connectivity index (χ0n) is 21.5. The molecule has 1 N–H and O–H groups in total. The molecule has 0 saturated heterocycles. The number of hydrogen-bond acceptors (Lipinski definition) is 4. The molecule has 0 aliphatic rings. The molecule has 0 aromatic heterocycles. The van der Waals surface area contributed by atoms with Gasteiger partial charge in [-0.25, -0.2) is 8.42 Å². The summed E-state index contributed by atoms with van der Waals surface area (Å²) in [5.41, 5.74) is 2.68. The van der Waals surface area contributed by atoms with Crippen LogP contribution in [0.4, 0.5) is 5.69 Å². The lowest BCUT2D eigenvalue weighted by molar-refractivity contribution is -0.119. The Hall–Kier alpha value is -3.32. The minimum Gasteiger partial charge on any atom is -0.491 e. The fraction of sp³-hybridized carbons (Fsp3) is 0.345. The molecule has 3 aromatic rings. The quantitative estimate of drug-likeness (QED) is 0.326. The number of ether oxygens (including phenoxy) is 1. The third kappa shape index (κ3) is 7.59. The van der Waals surface area contributed by atoms with Crippen LogP contribution in [-0.2, 0) is 21.2 Å². The number of carbonyl (C=O) groups is 1. The average Bonchev–Trinajstić information content (AvgIpc) is 2.85. The number of hydrogen-bond donors (Lipinski definition) is 1. The molecule has 7 heteroatoms. The lowest BCUT2D eigenvalue weighted by Gasteiger charge is -2.24. The number of anilines is 1. The Morgan fingerprint density at radius 3 is 2.25 bits per heavy atom. The number of amides is 1. The summed E-state index contributed by atoms with van der Waals surface area (Å²) in [7, 11) is -3.91. The standard InChI is InChI=1S/C29H36N2O4S/c1-22(2)25-15-17-26(18-16-25)31(36(33,34)28-13-6-5-7-14-28)21-29(32)30-19-9-11-24-10-8-12-27(20-24)35-23(3)4/h5-8,10,12-18,20,22-23H,9,11,19,21H2,1-4H3,(H,30,32). The first-order valence-corrected chi connectivity index (χ1v) is 13.8. The van der Waals surface area contributed by atoms with E-state index in [1.807, 2.05) is 50.2 Å². The molecule has 0 fully saturated rings. The van der Waals surface area contributed by atoms with Crippen LogP contribution in [0.1, 0.15) is 51.2 Å². The molecule has 0 bridgehead atoms. The predicted molar refractivity (Wildman–Crippen MR) is 145 cm³/mol. The Kier molecular flexibility index (Phi) is 9.53.